The van der Waals surface area contributed by atoms with Gasteiger partial charge in [0.2, 0.25) is 0 Å². The van der Waals surface area contributed by atoms with Crippen LogP contribution in [0.25, 0.3) is 0 Å². The van der Waals surface area contributed by atoms with Gasteiger partial charge in [-0.1, -0.05) is 0 Å². The first kappa shape index (κ1) is 13.7. The van der Waals surface area contributed by atoms with E-state index in [1.54, 1.807) is 6.92 Å². The van der Waals surface area contributed by atoms with Gasteiger partial charge in [-0.05, 0) is 52.6 Å². The van der Waals surface area contributed by atoms with Crippen molar-refractivity contribution in [2.45, 2.75) is 45.1 Å². The van der Waals surface area contributed by atoms with Gasteiger partial charge in [-0.2, -0.15) is 0 Å². The van der Waals surface area contributed by atoms with Crippen LogP contribution in [0.1, 0.15) is 39.0 Å². The van der Waals surface area contributed by atoms with Crippen molar-refractivity contribution in [3.05, 3.63) is 0 Å². The van der Waals surface area contributed by atoms with E-state index in [2.05, 4.69) is 24.3 Å². The van der Waals surface area contributed by atoms with Gasteiger partial charge < -0.3 is 10.2 Å². The third kappa shape index (κ3) is 5.08. The average molecular weight is 226 g/mol. The number of hydrogen-bond donors (Lipinski definition) is 1. The molecule has 1 fully saturated rings. The molecule has 3 nitrogen and oxygen atoms in total. The lowest BCUT2D eigenvalue weighted by Crippen LogP contribution is -2.34. The largest absolute Gasteiger partial charge is 0.317 e. The Kier molecular flexibility index (Phi) is 5.99. The van der Waals surface area contributed by atoms with Gasteiger partial charge in [0, 0.05) is 25.6 Å². The van der Waals surface area contributed by atoms with Crippen LogP contribution in [0.4, 0.5) is 0 Å². The number of nitrogens with one attached hydrogen (secondary N) is 1. The van der Waals surface area contributed by atoms with Crippen LogP contribution in [0.5, 0.6) is 0 Å². The van der Waals surface area contributed by atoms with E-state index in [0.29, 0.717) is 12.2 Å². The molecule has 0 spiro atoms. The zero-order valence-corrected chi connectivity index (χ0v) is 11.0. The van der Waals surface area contributed by atoms with Crippen LogP contribution in [-0.2, 0) is 4.79 Å². The molecule has 0 bridgehead atoms. The summed E-state index contributed by atoms with van der Waals surface area (Å²) in [5.41, 5.74) is 0. The molecule has 0 heterocycles. The summed E-state index contributed by atoms with van der Waals surface area (Å²) in [6.45, 7) is 3.75. The molecule has 0 saturated heterocycles. The maximum Gasteiger partial charge on any atom is 0.131 e. The standard InChI is InChI=1S/C13H26N2O/c1-11(16)8-9-15(3)10-12-4-6-13(14-2)7-5-12/h12-14H,4-10H2,1-3H3. The molecular weight excluding hydrogens is 200 g/mol. The molecule has 0 unspecified atom stereocenters. The van der Waals surface area contributed by atoms with Gasteiger partial charge in [0.05, 0.1) is 0 Å². The van der Waals surface area contributed by atoms with Crippen molar-refractivity contribution in [2.75, 3.05) is 27.2 Å². The Balaban J connectivity index is 2.15. The Morgan fingerprint density at radius 1 is 1.31 bits per heavy atom. The molecule has 94 valence electrons. The van der Waals surface area contributed by atoms with Gasteiger partial charge in [-0.3, -0.25) is 4.79 Å². The molecule has 1 aliphatic carbocycles. The predicted octanol–water partition coefficient (Wildman–Crippen LogP) is 1.68. The number of nitrogens with zero attached hydrogens (tertiary/aromatic N) is 1. The summed E-state index contributed by atoms with van der Waals surface area (Å²) in [4.78, 5) is 13.2. The highest BCUT2D eigenvalue weighted by molar-refractivity contribution is 5.75. The predicted molar refractivity (Wildman–Crippen MR) is 67.6 cm³/mol. The zero-order valence-electron chi connectivity index (χ0n) is 11.0. The van der Waals surface area contributed by atoms with Crippen molar-refractivity contribution >= 4 is 5.78 Å². The first-order valence-electron chi connectivity index (χ1n) is 6.47. The van der Waals surface area contributed by atoms with Crippen molar-refractivity contribution in [3.63, 3.8) is 0 Å². The number of Topliss-reactive ketones (excluding diaryl/α,β-unsaturated/α-hetero) is 1. The molecule has 0 aromatic carbocycles. The number of hydrogen-bond acceptors (Lipinski definition) is 3. The maximum atomic E-state index is 10.9. The molecular formula is C13H26N2O. The van der Waals surface area contributed by atoms with Crippen molar-refractivity contribution in [2.24, 2.45) is 5.92 Å². The van der Waals surface area contributed by atoms with Gasteiger partial charge in [0.15, 0.2) is 0 Å². The van der Waals surface area contributed by atoms with Crippen LogP contribution in [-0.4, -0.2) is 43.9 Å². The maximum absolute atomic E-state index is 10.9. The molecule has 0 amide bonds. The third-order valence-corrected chi connectivity index (χ3v) is 3.67. The fraction of sp³-hybridized carbons (Fsp3) is 0.923. The lowest BCUT2D eigenvalue weighted by molar-refractivity contribution is -0.117. The molecule has 0 atom stereocenters. The zero-order chi connectivity index (χ0) is 12.0. The highest BCUT2D eigenvalue weighted by Crippen LogP contribution is 2.24. The number of rotatable bonds is 6. The fourth-order valence-corrected chi connectivity index (χ4v) is 2.51. The Morgan fingerprint density at radius 2 is 1.94 bits per heavy atom. The van der Waals surface area contributed by atoms with Crippen LogP contribution in [0.3, 0.4) is 0 Å². The molecule has 1 rings (SSSR count). The van der Waals surface area contributed by atoms with E-state index in [0.717, 1.165) is 25.0 Å². The fourth-order valence-electron chi connectivity index (χ4n) is 2.51. The van der Waals surface area contributed by atoms with Crippen molar-refractivity contribution in [1.82, 2.24) is 10.2 Å². The summed E-state index contributed by atoms with van der Waals surface area (Å²) in [6.07, 6.45) is 5.97. The lowest BCUT2D eigenvalue weighted by Gasteiger charge is -2.31. The summed E-state index contributed by atoms with van der Waals surface area (Å²) in [7, 11) is 4.19. The Morgan fingerprint density at radius 3 is 2.44 bits per heavy atom. The van der Waals surface area contributed by atoms with Gasteiger partial charge in [-0.25, -0.2) is 0 Å². The summed E-state index contributed by atoms with van der Waals surface area (Å²) >= 11 is 0. The molecule has 3 heteroatoms. The van der Waals surface area contributed by atoms with Crippen LogP contribution < -0.4 is 5.32 Å². The summed E-state index contributed by atoms with van der Waals surface area (Å²) in [5.74, 6) is 1.13. The Labute approximate surface area is 99.6 Å². The Bertz CT molecular complexity index is 210. The van der Waals surface area contributed by atoms with E-state index < -0.39 is 0 Å². The van der Waals surface area contributed by atoms with Crippen molar-refractivity contribution in [1.29, 1.82) is 0 Å². The smallest absolute Gasteiger partial charge is 0.131 e. The van der Waals surface area contributed by atoms with E-state index >= 15 is 0 Å². The second kappa shape index (κ2) is 7.02. The van der Waals surface area contributed by atoms with Crippen LogP contribution in [0, 0.1) is 5.92 Å². The van der Waals surface area contributed by atoms with E-state index in [9.17, 15) is 4.79 Å². The Hall–Kier alpha value is -0.410. The number of carbonyl (C=O) groups excluding carboxylic acids is 1. The van der Waals surface area contributed by atoms with Gasteiger partial charge in [0.25, 0.3) is 0 Å². The van der Waals surface area contributed by atoms with Crippen LogP contribution in [0.15, 0.2) is 0 Å². The molecule has 0 radical (unpaired) electrons. The monoisotopic (exact) mass is 226 g/mol. The molecule has 1 N–H and O–H groups in total. The minimum Gasteiger partial charge on any atom is -0.317 e. The van der Waals surface area contributed by atoms with E-state index in [1.807, 2.05) is 0 Å². The number of ketones is 1. The first-order chi connectivity index (χ1) is 7.61. The molecule has 1 aliphatic rings. The van der Waals surface area contributed by atoms with E-state index in [-0.39, 0.29) is 0 Å². The molecule has 0 aromatic heterocycles. The topological polar surface area (TPSA) is 32.3 Å². The highest BCUT2D eigenvalue weighted by Gasteiger charge is 2.20. The van der Waals surface area contributed by atoms with E-state index in [4.69, 9.17) is 0 Å². The summed E-state index contributed by atoms with van der Waals surface area (Å²) in [6, 6.07) is 0.735. The van der Waals surface area contributed by atoms with Gasteiger partial charge in [0.1, 0.15) is 5.78 Å². The van der Waals surface area contributed by atoms with Crippen LogP contribution >= 0.6 is 0 Å². The molecule has 16 heavy (non-hydrogen) atoms. The third-order valence-electron chi connectivity index (χ3n) is 3.67. The minimum atomic E-state index is 0.297. The van der Waals surface area contributed by atoms with Gasteiger partial charge in [-0.15, -0.1) is 0 Å². The quantitative estimate of drug-likeness (QED) is 0.748. The normalized spacial score (nSPS) is 26.0. The minimum absolute atomic E-state index is 0.297. The first-order valence-corrected chi connectivity index (χ1v) is 6.47. The van der Waals surface area contributed by atoms with Crippen molar-refractivity contribution in [3.8, 4) is 0 Å². The number of carbonyl (C=O) groups is 1. The summed E-state index contributed by atoms with van der Waals surface area (Å²) < 4.78 is 0. The molecule has 0 aliphatic heterocycles. The van der Waals surface area contributed by atoms with E-state index in [1.165, 1.54) is 25.7 Å². The van der Waals surface area contributed by atoms with Crippen LogP contribution in [0.2, 0.25) is 0 Å². The second-order valence-electron chi connectivity index (χ2n) is 5.22. The summed E-state index contributed by atoms with van der Waals surface area (Å²) in [5, 5.41) is 3.36. The average Bonchev–Trinajstić information content (AvgIpc) is 2.27. The van der Waals surface area contributed by atoms with Crippen molar-refractivity contribution < 1.29 is 4.79 Å². The highest BCUT2D eigenvalue weighted by atomic mass is 16.1. The SMILES string of the molecule is CNC1CCC(CN(C)CCC(C)=O)CC1. The second-order valence-corrected chi connectivity index (χ2v) is 5.22. The van der Waals surface area contributed by atoms with Gasteiger partial charge >= 0.3 is 0 Å². The molecule has 0 aromatic rings. The lowest BCUT2D eigenvalue weighted by atomic mass is 9.86. The molecule has 1 saturated carbocycles.